The normalized spacial score (nSPS) is 46.4. The molecule has 144 valence electrons. The molecule has 0 spiro atoms. The predicted octanol–water partition coefficient (Wildman–Crippen LogP) is 7.14. The third-order valence-electron chi connectivity index (χ3n) is 10.4. The molecule has 0 aromatic heterocycles. The van der Waals surface area contributed by atoms with Crippen molar-refractivity contribution >= 4 is 13.3 Å². The predicted molar refractivity (Wildman–Crippen MR) is 115 cm³/mol. The molecular formula is C26H36Ge. The molecule has 10 aliphatic rings. The maximum absolute atomic E-state index is 2.87. The molecule has 1 heteroatoms. The van der Waals surface area contributed by atoms with Crippen LogP contribution in [0.15, 0.2) is 31.1 Å². The van der Waals surface area contributed by atoms with E-state index in [1.165, 1.54) is 51.4 Å². The zero-order valence-electron chi connectivity index (χ0n) is 17.4. The van der Waals surface area contributed by atoms with E-state index in [1.807, 2.05) is 11.1 Å². The first-order valence-corrected chi connectivity index (χ1v) is 18.7. The van der Waals surface area contributed by atoms with E-state index in [0.717, 1.165) is 35.5 Å². The van der Waals surface area contributed by atoms with Crippen molar-refractivity contribution in [3.63, 3.8) is 0 Å². The molecule has 0 N–H and O–H groups in total. The van der Waals surface area contributed by atoms with Gasteiger partial charge in [-0.3, -0.25) is 0 Å². The van der Waals surface area contributed by atoms with Gasteiger partial charge in [-0.05, 0) is 0 Å². The van der Waals surface area contributed by atoms with E-state index in [1.54, 1.807) is 25.7 Å². The molecule has 0 aromatic carbocycles. The first kappa shape index (κ1) is 16.5. The van der Waals surface area contributed by atoms with Crippen LogP contribution >= 0.6 is 0 Å². The van der Waals surface area contributed by atoms with Gasteiger partial charge in [0, 0.05) is 0 Å². The molecular weight excluding hydrogens is 385 g/mol. The Balaban J connectivity index is 1.59. The summed E-state index contributed by atoms with van der Waals surface area (Å²) in [6, 6.07) is 0. The van der Waals surface area contributed by atoms with Crippen molar-refractivity contribution in [3.05, 3.63) is 31.1 Å². The second-order valence-electron chi connectivity index (χ2n) is 11.8. The van der Waals surface area contributed by atoms with Crippen LogP contribution in [0.5, 0.6) is 0 Å². The van der Waals surface area contributed by atoms with E-state index < -0.39 is 13.3 Å². The Bertz CT molecular complexity index is 731. The van der Waals surface area contributed by atoms with E-state index in [0.29, 0.717) is 0 Å². The molecule has 0 nitrogen and oxygen atoms in total. The number of allylic oxidation sites excluding steroid dienone is 6. The van der Waals surface area contributed by atoms with Crippen molar-refractivity contribution in [2.24, 2.45) is 35.5 Å². The van der Waals surface area contributed by atoms with Gasteiger partial charge in [-0.2, -0.15) is 0 Å². The van der Waals surface area contributed by atoms with Crippen LogP contribution < -0.4 is 0 Å². The summed E-state index contributed by atoms with van der Waals surface area (Å²) in [4.78, 5) is 0. The number of fused-ring (bicyclic) bond motifs is 6. The summed E-state index contributed by atoms with van der Waals surface area (Å²) in [5.41, 5.74) is 8.22. The quantitative estimate of drug-likeness (QED) is 0.365. The van der Waals surface area contributed by atoms with Gasteiger partial charge in [0.25, 0.3) is 0 Å². The van der Waals surface area contributed by atoms with Gasteiger partial charge in [-0.25, -0.2) is 0 Å². The summed E-state index contributed by atoms with van der Waals surface area (Å²) in [6.07, 6.45) is 18.4. The van der Waals surface area contributed by atoms with Gasteiger partial charge in [0.15, 0.2) is 0 Å². The zero-order chi connectivity index (χ0) is 17.9. The standard InChI is InChI=1S/C26H36Ge/c1-27(2)25-19-11-7-17(8-12-19)23(25)21-15-3-4-16(6-5-15)22(21)24-18-9-13-20(14-10-18)26(24)27/h15-20H,3-14H2,1-2H3. The molecule has 3 saturated carbocycles. The molecule has 0 saturated heterocycles. The fourth-order valence-corrected chi connectivity index (χ4v) is 20.0. The van der Waals surface area contributed by atoms with Gasteiger partial charge in [0.2, 0.25) is 0 Å². The van der Waals surface area contributed by atoms with Gasteiger partial charge in [0.05, 0.1) is 0 Å². The second-order valence-corrected chi connectivity index (χ2v) is 20.8. The number of rotatable bonds is 0. The van der Waals surface area contributed by atoms with Gasteiger partial charge in [-0.15, -0.1) is 0 Å². The Morgan fingerprint density at radius 3 is 1.00 bits per heavy atom. The van der Waals surface area contributed by atoms with Crippen molar-refractivity contribution in [3.8, 4) is 0 Å². The van der Waals surface area contributed by atoms with Crippen LogP contribution in [0.2, 0.25) is 11.5 Å². The average molecular weight is 421 g/mol. The second kappa shape index (κ2) is 5.47. The Kier molecular flexibility index (Phi) is 3.35. The molecule has 27 heavy (non-hydrogen) atoms. The summed E-state index contributed by atoms with van der Waals surface area (Å²) in [7, 11) is 0. The van der Waals surface area contributed by atoms with Gasteiger partial charge in [0.1, 0.15) is 0 Å². The van der Waals surface area contributed by atoms with Crippen LogP contribution in [0.3, 0.4) is 0 Å². The zero-order valence-corrected chi connectivity index (χ0v) is 19.5. The molecule has 0 radical (unpaired) electrons. The topological polar surface area (TPSA) is 0 Å². The molecule has 1 aliphatic heterocycles. The summed E-state index contributed by atoms with van der Waals surface area (Å²) >= 11 is -2.12. The molecule has 0 atom stereocenters. The van der Waals surface area contributed by atoms with Crippen LogP contribution in [0.25, 0.3) is 0 Å². The van der Waals surface area contributed by atoms with Crippen LogP contribution in [0, 0.1) is 35.5 Å². The van der Waals surface area contributed by atoms with Crippen molar-refractivity contribution in [2.75, 3.05) is 0 Å². The fraction of sp³-hybridized carbons (Fsp3) is 0.769. The minimum absolute atomic E-state index is 0.958. The van der Waals surface area contributed by atoms with Crippen LogP contribution in [-0.2, 0) is 0 Å². The molecule has 0 unspecified atom stereocenters. The Morgan fingerprint density at radius 2 is 0.667 bits per heavy atom. The molecule has 9 aliphatic carbocycles. The fourth-order valence-electron chi connectivity index (χ4n) is 9.63. The Labute approximate surface area is 168 Å². The van der Waals surface area contributed by atoms with Gasteiger partial charge in [-0.1, -0.05) is 0 Å². The van der Waals surface area contributed by atoms with E-state index in [-0.39, 0.29) is 0 Å². The summed E-state index contributed by atoms with van der Waals surface area (Å²) < 4.78 is 4.35. The summed E-state index contributed by atoms with van der Waals surface area (Å²) in [5, 5.41) is 0. The van der Waals surface area contributed by atoms with Crippen LogP contribution in [-0.4, -0.2) is 13.3 Å². The molecule has 3 fully saturated rings. The third-order valence-corrected chi connectivity index (χ3v) is 18.9. The molecule has 0 aromatic rings. The number of hydrogen-bond acceptors (Lipinski definition) is 0. The van der Waals surface area contributed by atoms with Crippen molar-refractivity contribution in [2.45, 2.75) is 88.6 Å². The molecule has 6 bridgehead atoms. The minimum atomic E-state index is -2.12. The van der Waals surface area contributed by atoms with Crippen LogP contribution in [0.4, 0.5) is 0 Å². The van der Waals surface area contributed by atoms with Crippen molar-refractivity contribution < 1.29 is 0 Å². The first-order valence-electron chi connectivity index (χ1n) is 12.4. The maximum atomic E-state index is 2.87. The SMILES string of the molecule is [CH3][Ge]1([CH3])[C]2=C(C3=C(C4=[C]1C1CCC4CC1)C1CCC3CC1)C1CCC2CC1. The molecule has 0 amide bonds. The monoisotopic (exact) mass is 422 g/mol. The van der Waals surface area contributed by atoms with E-state index in [9.17, 15) is 0 Å². The van der Waals surface area contributed by atoms with Crippen molar-refractivity contribution in [1.29, 1.82) is 0 Å². The first-order chi connectivity index (χ1) is 13.1. The molecule has 1 heterocycles. The van der Waals surface area contributed by atoms with Gasteiger partial charge >= 0.3 is 168 Å². The molecule has 10 rings (SSSR count). The number of hydrogen-bond donors (Lipinski definition) is 0. The summed E-state index contributed by atoms with van der Waals surface area (Å²) in [6.45, 7) is 0. The third kappa shape index (κ3) is 1.98. The van der Waals surface area contributed by atoms with Crippen LogP contribution in [0.1, 0.15) is 77.0 Å². The van der Waals surface area contributed by atoms with E-state index in [2.05, 4.69) is 31.5 Å². The van der Waals surface area contributed by atoms with E-state index >= 15 is 0 Å². The van der Waals surface area contributed by atoms with Crippen molar-refractivity contribution in [1.82, 2.24) is 0 Å². The Morgan fingerprint density at radius 1 is 0.407 bits per heavy atom. The Hall–Kier alpha value is -0.237. The summed E-state index contributed by atoms with van der Waals surface area (Å²) in [5.74, 6) is 11.6. The van der Waals surface area contributed by atoms with E-state index in [4.69, 9.17) is 0 Å². The average Bonchev–Trinajstić information content (AvgIpc) is 2.85. The van der Waals surface area contributed by atoms with Gasteiger partial charge < -0.3 is 0 Å².